The van der Waals surface area contributed by atoms with E-state index in [1.807, 2.05) is 38.2 Å². The Morgan fingerprint density at radius 2 is 2.15 bits per heavy atom. The van der Waals surface area contributed by atoms with Gasteiger partial charge in [-0.1, -0.05) is 6.07 Å². The van der Waals surface area contributed by atoms with Crippen molar-refractivity contribution in [3.8, 4) is 0 Å². The molecule has 0 spiro atoms. The molecular formula is C15H20N4O. The monoisotopic (exact) mass is 272 g/mol. The highest BCUT2D eigenvalue weighted by Gasteiger charge is 2.15. The number of aromatic nitrogens is 3. The maximum atomic E-state index is 12.2. The molecule has 0 saturated carbocycles. The van der Waals surface area contributed by atoms with Gasteiger partial charge in [-0.25, -0.2) is 0 Å². The summed E-state index contributed by atoms with van der Waals surface area (Å²) in [5.74, 6) is -0.0552. The van der Waals surface area contributed by atoms with Crippen molar-refractivity contribution in [2.24, 2.45) is 0 Å². The van der Waals surface area contributed by atoms with Crippen molar-refractivity contribution in [3.05, 3.63) is 48.0 Å². The van der Waals surface area contributed by atoms with Crippen molar-refractivity contribution < 1.29 is 4.79 Å². The molecule has 0 aromatic carbocycles. The first-order chi connectivity index (χ1) is 9.58. The molecule has 5 heteroatoms. The summed E-state index contributed by atoms with van der Waals surface area (Å²) in [5, 5.41) is 4.30. The van der Waals surface area contributed by atoms with Gasteiger partial charge in [0.15, 0.2) is 0 Å². The Hall–Kier alpha value is -2.17. The number of amides is 1. The summed E-state index contributed by atoms with van der Waals surface area (Å²) in [6, 6.07) is 7.83. The van der Waals surface area contributed by atoms with Gasteiger partial charge in [-0.15, -0.1) is 0 Å². The lowest BCUT2D eigenvalue weighted by atomic mass is 10.2. The number of rotatable bonds is 5. The fourth-order valence-corrected chi connectivity index (χ4v) is 1.87. The Morgan fingerprint density at radius 1 is 1.35 bits per heavy atom. The van der Waals surface area contributed by atoms with Crippen LogP contribution in [0.1, 0.15) is 36.1 Å². The van der Waals surface area contributed by atoms with Crippen LogP contribution in [-0.2, 0) is 6.42 Å². The molecule has 0 aliphatic heterocycles. The highest BCUT2D eigenvalue weighted by Crippen LogP contribution is 2.07. The maximum Gasteiger partial charge on any atom is 0.274 e. The van der Waals surface area contributed by atoms with Crippen LogP contribution in [0, 0.1) is 0 Å². The fourth-order valence-electron chi connectivity index (χ4n) is 1.87. The van der Waals surface area contributed by atoms with E-state index in [4.69, 9.17) is 0 Å². The molecule has 2 heterocycles. The molecule has 20 heavy (non-hydrogen) atoms. The van der Waals surface area contributed by atoms with Crippen LogP contribution in [-0.4, -0.2) is 39.2 Å². The van der Waals surface area contributed by atoms with Crippen LogP contribution in [0.5, 0.6) is 0 Å². The first-order valence-corrected chi connectivity index (χ1v) is 6.78. The Bertz CT molecular complexity index is 562. The van der Waals surface area contributed by atoms with Crippen molar-refractivity contribution in [2.75, 3.05) is 13.6 Å². The first kappa shape index (κ1) is 14.2. The van der Waals surface area contributed by atoms with Crippen molar-refractivity contribution >= 4 is 5.91 Å². The summed E-state index contributed by atoms with van der Waals surface area (Å²) < 4.78 is 1.79. The molecule has 2 aromatic rings. The molecule has 0 fully saturated rings. The number of carbonyl (C=O) groups excluding carboxylic acids is 1. The zero-order valence-corrected chi connectivity index (χ0v) is 12.2. The zero-order chi connectivity index (χ0) is 14.5. The summed E-state index contributed by atoms with van der Waals surface area (Å²) in [4.78, 5) is 18.2. The van der Waals surface area contributed by atoms with Crippen LogP contribution in [0.15, 0.2) is 36.7 Å². The molecule has 0 bridgehead atoms. The topological polar surface area (TPSA) is 51.0 Å². The average Bonchev–Trinajstić information content (AvgIpc) is 2.95. The van der Waals surface area contributed by atoms with Gasteiger partial charge in [0.05, 0.1) is 0 Å². The molecule has 0 N–H and O–H groups in total. The quantitative estimate of drug-likeness (QED) is 0.838. The zero-order valence-electron chi connectivity index (χ0n) is 12.2. The number of carbonyl (C=O) groups is 1. The molecule has 0 atom stereocenters. The van der Waals surface area contributed by atoms with Gasteiger partial charge in [-0.2, -0.15) is 5.10 Å². The SMILES string of the molecule is CC(C)n1ccc(C(=O)N(C)CCc2ccccn2)n1. The number of hydrogen-bond donors (Lipinski definition) is 0. The summed E-state index contributed by atoms with van der Waals surface area (Å²) in [6.45, 7) is 4.70. The van der Waals surface area contributed by atoms with Crippen LogP contribution >= 0.6 is 0 Å². The maximum absolute atomic E-state index is 12.2. The molecule has 2 rings (SSSR count). The predicted molar refractivity (Wildman–Crippen MR) is 77.5 cm³/mol. The normalized spacial score (nSPS) is 10.8. The largest absolute Gasteiger partial charge is 0.340 e. The van der Waals surface area contributed by atoms with Crippen LogP contribution in [0.2, 0.25) is 0 Å². The van der Waals surface area contributed by atoms with Crippen LogP contribution in [0.4, 0.5) is 0 Å². The van der Waals surface area contributed by atoms with E-state index in [1.54, 1.807) is 28.9 Å². The molecule has 1 amide bonds. The molecule has 0 aliphatic carbocycles. The molecule has 106 valence electrons. The predicted octanol–water partition coefficient (Wildman–Crippen LogP) is 2.17. The van der Waals surface area contributed by atoms with E-state index in [0.717, 1.165) is 12.1 Å². The second kappa shape index (κ2) is 6.32. The molecular weight excluding hydrogens is 252 g/mol. The van der Waals surface area contributed by atoms with Gasteiger partial charge in [0.2, 0.25) is 0 Å². The van der Waals surface area contributed by atoms with Crippen LogP contribution < -0.4 is 0 Å². The van der Waals surface area contributed by atoms with E-state index in [0.29, 0.717) is 12.2 Å². The van der Waals surface area contributed by atoms with Gasteiger partial charge in [0.25, 0.3) is 5.91 Å². The van der Waals surface area contributed by atoms with E-state index in [2.05, 4.69) is 10.1 Å². The van der Waals surface area contributed by atoms with E-state index in [1.165, 1.54) is 0 Å². The Labute approximate surface area is 119 Å². The molecule has 0 aliphatic rings. The Kier molecular flexibility index (Phi) is 4.50. The lowest BCUT2D eigenvalue weighted by molar-refractivity contribution is 0.0789. The van der Waals surface area contributed by atoms with Gasteiger partial charge < -0.3 is 4.90 Å². The molecule has 2 aromatic heterocycles. The highest BCUT2D eigenvalue weighted by molar-refractivity contribution is 5.92. The standard InChI is InChI=1S/C15H20N4O/c1-12(2)19-11-8-14(17-19)15(20)18(3)10-7-13-6-4-5-9-16-13/h4-6,8-9,11-12H,7,10H2,1-3H3. The number of pyridine rings is 1. The number of likely N-dealkylation sites (N-methyl/N-ethyl adjacent to an activating group) is 1. The molecule has 5 nitrogen and oxygen atoms in total. The van der Waals surface area contributed by atoms with Gasteiger partial charge in [-0.05, 0) is 32.0 Å². The first-order valence-electron chi connectivity index (χ1n) is 6.78. The number of nitrogens with zero attached hydrogens (tertiary/aromatic N) is 4. The Balaban J connectivity index is 1.94. The summed E-state index contributed by atoms with van der Waals surface area (Å²) in [6.07, 6.45) is 4.35. The van der Waals surface area contributed by atoms with E-state index in [-0.39, 0.29) is 11.9 Å². The summed E-state index contributed by atoms with van der Waals surface area (Å²) in [7, 11) is 1.79. The minimum atomic E-state index is -0.0552. The third-order valence-corrected chi connectivity index (χ3v) is 3.13. The smallest absolute Gasteiger partial charge is 0.274 e. The molecule has 0 saturated heterocycles. The van der Waals surface area contributed by atoms with Crippen molar-refractivity contribution in [1.29, 1.82) is 0 Å². The van der Waals surface area contributed by atoms with Gasteiger partial charge in [-0.3, -0.25) is 14.5 Å². The highest BCUT2D eigenvalue weighted by atomic mass is 16.2. The third kappa shape index (κ3) is 3.44. The fraction of sp³-hybridized carbons (Fsp3) is 0.400. The van der Waals surface area contributed by atoms with Crippen molar-refractivity contribution in [2.45, 2.75) is 26.3 Å². The summed E-state index contributed by atoms with van der Waals surface area (Å²) >= 11 is 0. The third-order valence-electron chi connectivity index (χ3n) is 3.13. The van der Waals surface area contributed by atoms with Crippen molar-refractivity contribution in [3.63, 3.8) is 0 Å². The average molecular weight is 272 g/mol. The lowest BCUT2D eigenvalue weighted by Gasteiger charge is -2.15. The van der Waals surface area contributed by atoms with Gasteiger partial charge >= 0.3 is 0 Å². The molecule has 0 radical (unpaired) electrons. The van der Waals surface area contributed by atoms with Gasteiger partial charge in [0.1, 0.15) is 5.69 Å². The number of hydrogen-bond acceptors (Lipinski definition) is 3. The van der Waals surface area contributed by atoms with Crippen LogP contribution in [0.25, 0.3) is 0 Å². The molecule has 0 unspecified atom stereocenters. The minimum absolute atomic E-state index is 0.0552. The second-order valence-corrected chi connectivity index (χ2v) is 5.07. The van der Waals surface area contributed by atoms with E-state index in [9.17, 15) is 4.79 Å². The second-order valence-electron chi connectivity index (χ2n) is 5.07. The Morgan fingerprint density at radius 3 is 2.75 bits per heavy atom. The van der Waals surface area contributed by atoms with E-state index < -0.39 is 0 Å². The van der Waals surface area contributed by atoms with Crippen LogP contribution in [0.3, 0.4) is 0 Å². The van der Waals surface area contributed by atoms with Crippen molar-refractivity contribution in [1.82, 2.24) is 19.7 Å². The van der Waals surface area contributed by atoms with E-state index >= 15 is 0 Å². The minimum Gasteiger partial charge on any atom is -0.340 e. The lowest BCUT2D eigenvalue weighted by Crippen LogP contribution is -2.29. The van der Waals surface area contributed by atoms with Gasteiger partial charge in [0, 0.05) is 44.1 Å². The summed E-state index contributed by atoms with van der Waals surface area (Å²) in [5.41, 5.74) is 1.47.